The molecule has 1 aliphatic carbocycles. The maximum atomic E-state index is 2.66. The number of nitrogens with zero attached hydrogens (tertiary/aromatic N) is 1. The Labute approximate surface area is 207 Å². The number of unbranched alkanes of at least 4 members (excludes halogenated alkanes) is 1. The second-order valence-corrected chi connectivity index (χ2v) is 11.7. The Morgan fingerprint density at radius 1 is 0.794 bits per heavy atom. The lowest BCUT2D eigenvalue weighted by molar-refractivity contribution is -0.765. The third-order valence-corrected chi connectivity index (χ3v) is 9.83. The molecule has 2 heterocycles. The van der Waals surface area contributed by atoms with Crippen molar-refractivity contribution in [2.45, 2.75) is 104 Å². The van der Waals surface area contributed by atoms with Crippen LogP contribution in [0.25, 0.3) is 22.4 Å². The van der Waals surface area contributed by atoms with Crippen molar-refractivity contribution < 1.29 is 4.57 Å². The number of aromatic nitrogens is 1. The zero-order valence-corrected chi connectivity index (χ0v) is 22.6. The molecular weight excluding hydrogens is 410 g/mol. The van der Waals surface area contributed by atoms with Gasteiger partial charge in [0.1, 0.15) is 0 Å². The standard InChI is InChI=1S/C33H42N/c1-9-12-13-23-14-16-24(17-15-23)25-18-19-26-27-29(25)31(5,6)28-22(4)20-21-34(30(27)28)33(8,11-3)32(26,7)10-2/h14-21H,9-13H2,1-8H3/q+1. The van der Waals surface area contributed by atoms with Crippen LogP contribution in [-0.2, 0) is 22.8 Å². The summed E-state index contributed by atoms with van der Waals surface area (Å²) in [5.74, 6) is 0. The molecule has 1 aromatic heterocycles. The van der Waals surface area contributed by atoms with Crippen molar-refractivity contribution in [3.05, 3.63) is 76.5 Å². The molecule has 2 atom stereocenters. The van der Waals surface area contributed by atoms with Crippen molar-refractivity contribution in [2.75, 3.05) is 0 Å². The maximum absolute atomic E-state index is 2.66. The minimum absolute atomic E-state index is 0.0301. The summed E-state index contributed by atoms with van der Waals surface area (Å²) in [5.41, 5.74) is 13.3. The smallest absolute Gasteiger partial charge is 0.192 e. The fraction of sp³-hybridized carbons (Fsp3) is 0.485. The second kappa shape index (κ2) is 7.80. The van der Waals surface area contributed by atoms with Crippen LogP contribution >= 0.6 is 0 Å². The fourth-order valence-corrected chi connectivity index (χ4v) is 7.34. The molecule has 5 rings (SSSR count). The molecule has 34 heavy (non-hydrogen) atoms. The molecule has 0 amide bonds. The van der Waals surface area contributed by atoms with E-state index in [9.17, 15) is 0 Å². The van der Waals surface area contributed by atoms with Gasteiger partial charge in [-0.2, -0.15) is 4.57 Å². The highest BCUT2D eigenvalue weighted by atomic mass is 15.1. The lowest BCUT2D eigenvalue weighted by Crippen LogP contribution is -2.67. The van der Waals surface area contributed by atoms with Gasteiger partial charge < -0.3 is 0 Å². The Morgan fingerprint density at radius 3 is 2.12 bits per heavy atom. The number of benzene rings is 2. The van der Waals surface area contributed by atoms with Gasteiger partial charge in [-0.15, -0.1) is 0 Å². The Hall–Kier alpha value is -2.41. The number of rotatable bonds is 6. The Morgan fingerprint density at radius 2 is 1.50 bits per heavy atom. The quantitative estimate of drug-likeness (QED) is 0.331. The van der Waals surface area contributed by atoms with Gasteiger partial charge >= 0.3 is 0 Å². The topological polar surface area (TPSA) is 3.88 Å². The molecule has 0 spiro atoms. The van der Waals surface area contributed by atoms with Crippen LogP contribution in [0, 0.1) is 6.92 Å². The van der Waals surface area contributed by atoms with Crippen LogP contribution in [0.1, 0.15) is 102 Å². The first-order chi connectivity index (χ1) is 16.2. The van der Waals surface area contributed by atoms with Gasteiger partial charge in [0.2, 0.25) is 5.69 Å². The second-order valence-electron chi connectivity index (χ2n) is 11.7. The highest BCUT2D eigenvalue weighted by molar-refractivity contribution is 5.89. The number of pyridine rings is 1. The first kappa shape index (κ1) is 23.3. The van der Waals surface area contributed by atoms with E-state index in [0.29, 0.717) is 0 Å². The molecule has 1 aliphatic heterocycles. The summed E-state index contributed by atoms with van der Waals surface area (Å²) >= 11 is 0. The SMILES string of the molecule is CCCCc1ccc(-c2ccc3c4c2C(C)(C)c2c(C)cc[n+](c2-4)C(C)(CC)C3(C)CC)cc1. The Kier molecular flexibility index (Phi) is 5.36. The number of hydrogen-bond acceptors (Lipinski definition) is 0. The van der Waals surface area contributed by atoms with E-state index in [1.54, 1.807) is 5.56 Å². The van der Waals surface area contributed by atoms with Gasteiger partial charge in [-0.1, -0.05) is 77.4 Å². The lowest BCUT2D eigenvalue weighted by Gasteiger charge is -2.46. The average Bonchev–Trinajstić information content (AvgIpc) is 3.10. The van der Waals surface area contributed by atoms with Gasteiger partial charge in [-0.3, -0.25) is 0 Å². The van der Waals surface area contributed by atoms with Crippen LogP contribution in [0.4, 0.5) is 0 Å². The van der Waals surface area contributed by atoms with Crippen molar-refractivity contribution in [1.29, 1.82) is 0 Å². The third-order valence-electron chi connectivity index (χ3n) is 9.83. The molecule has 0 saturated heterocycles. The van der Waals surface area contributed by atoms with Gasteiger partial charge in [0.15, 0.2) is 11.7 Å². The van der Waals surface area contributed by atoms with Crippen LogP contribution in [0.5, 0.6) is 0 Å². The van der Waals surface area contributed by atoms with E-state index in [0.717, 1.165) is 12.8 Å². The number of aryl methyl sites for hydroxylation is 2. The van der Waals surface area contributed by atoms with Gasteiger partial charge in [0.05, 0.1) is 11.0 Å². The third kappa shape index (κ3) is 2.82. The van der Waals surface area contributed by atoms with E-state index < -0.39 is 0 Å². The van der Waals surface area contributed by atoms with Crippen LogP contribution in [0.2, 0.25) is 0 Å². The van der Waals surface area contributed by atoms with E-state index in [1.165, 1.54) is 63.9 Å². The molecule has 0 saturated carbocycles. The van der Waals surface area contributed by atoms with Crippen molar-refractivity contribution in [3.8, 4) is 22.4 Å². The zero-order valence-electron chi connectivity index (χ0n) is 22.6. The number of hydrogen-bond donors (Lipinski definition) is 0. The van der Waals surface area contributed by atoms with E-state index in [-0.39, 0.29) is 16.4 Å². The van der Waals surface area contributed by atoms with Gasteiger partial charge in [-0.05, 0) is 66.5 Å². The lowest BCUT2D eigenvalue weighted by atomic mass is 9.60. The molecule has 2 aromatic carbocycles. The van der Waals surface area contributed by atoms with E-state index in [4.69, 9.17) is 0 Å². The van der Waals surface area contributed by atoms with E-state index in [1.807, 2.05) is 0 Å². The normalized spacial score (nSPS) is 23.8. The van der Waals surface area contributed by atoms with Crippen molar-refractivity contribution in [3.63, 3.8) is 0 Å². The molecule has 0 radical (unpaired) electrons. The first-order valence-electron chi connectivity index (χ1n) is 13.5. The molecule has 0 fully saturated rings. The summed E-state index contributed by atoms with van der Waals surface area (Å²) in [6.07, 6.45) is 8.31. The zero-order chi connectivity index (χ0) is 24.5. The Bertz CT molecular complexity index is 1260. The molecule has 1 heteroatoms. The molecule has 2 unspecified atom stereocenters. The van der Waals surface area contributed by atoms with E-state index in [2.05, 4.69) is 109 Å². The van der Waals surface area contributed by atoms with Gasteiger partial charge in [0.25, 0.3) is 0 Å². The molecule has 178 valence electrons. The largest absolute Gasteiger partial charge is 0.217 e. The summed E-state index contributed by atoms with van der Waals surface area (Å²) in [6.45, 7) is 19.2. The monoisotopic (exact) mass is 452 g/mol. The molecule has 2 aliphatic rings. The molecule has 3 aromatic rings. The minimum atomic E-state index is -0.0301. The van der Waals surface area contributed by atoms with Crippen molar-refractivity contribution in [2.24, 2.45) is 0 Å². The maximum Gasteiger partial charge on any atom is 0.217 e. The summed E-state index contributed by atoms with van der Waals surface area (Å²) in [7, 11) is 0. The summed E-state index contributed by atoms with van der Waals surface area (Å²) in [4.78, 5) is 0. The summed E-state index contributed by atoms with van der Waals surface area (Å²) < 4.78 is 2.66. The first-order valence-corrected chi connectivity index (χ1v) is 13.5. The molecule has 1 nitrogen and oxygen atoms in total. The van der Waals surface area contributed by atoms with Gasteiger partial charge in [0, 0.05) is 30.4 Å². The Balaban J connectivity index is 1.82. The fourth-order valence-electron chi connectivity index (χ4n) is 7.34. The van der Waals surface area contributed by atoms with Crippen LogP contribution < -0.4 is 4.57 Å². The predicted molar refractivity (Wildman–Crippen MR) is 145 cm³/mol. The summed E-state index contributed by atoms with van der Waals surface area (Å²) in [5, 5.41) is 0. The average molecular weight is 453 g/mol. The van der Waals surface area contributed by atoms with E-state index >= 15 is 0 Å². The van der Waals surface area contributed by atoms with Crippen molar-refractivity contribution >= 4 is 0 Å². The van der Waals surface area contributed by atoms with Gasteiger partial charge in [-0.25, -0.2) is 0 Å². The summed E-state index contributed by atoms with van der Waals surface area (Å²) in [6, 6.07) is 16.7. The molecular formula is C33H42N+. The van der Waals surface area contributed by atoms with Crippen LogP contribution in [0.3, 0.4) is 0 Å². The molecule has 0 bridgehead atoms. The van der Waals surface area contributed by atoms with Crippen molar-refractivity contribution in [1.82, 2.24) is 0 Å². The highest BCUT2D eigenvalue weighted by Crippen LogP contribution is 2.60. The van der Waals surface area contributed by atoms with Crippen LogP contribution in [0.15, 0.2) is 48.7 Å². The highest BCUT2D eigenvalue weighted by Gasteiger charge is 2.60. The molecule has 0 N–H and O–H groups in total. The predicted octanol–water partition coefficient (Wildman–Crippen LogP) is 8.40. The van der Waals surface area contributed by atoms with Crippen LogP contribution in [-0.4, -0.2) is 0 Å². The minimum Gasteiger partial charge on any atom is -0.192 e.